The summed E-state index contributed by atoms with van der Waals surface area (Å²) in [5.41, 5.74) is 2.47. The maximum Gasteiger partial charge on any atom is 0.143 e. The highest BCUT2D eigenvalue weighted by Gasteiger charge is 2.45. The predicted octanol–water partition coefficient (Wildman–Crippen LogP) is 3.02. The Morgan fingerprint density at radius 2 is 1.94 bits per heavy atom. The fourth-order valence-corrected chi connectivity index (χ4v) is 3.54. The van der Waals surface area contributed by atoms with Gasteiger partial charge in [-0.2, -0.15) is 0 Å². The Kier molecular flexibility index (Phi) is 2.46. The second-order valence-corrected chi connectivity index (χ2v) is 5.24. The number of ketones is 1. The topological polar surface area (TPSA) is 26.3 Å². The van der Waals surface area contributed by atoms with Crippen molar-refractivity contribution in [1.82, 2.24) is 0 Å². The number of aryl methyl sites for hydroxylation is 1. The molecule has 1 fully saturated rings. The van der Waals surface area contributed by atoms with Crippen LogP contribution in [-0.2, 0) is 16.6 Å². The zero-order chi connectivity index (χ0) is 11.9. The monoisotopic (exact) mass is 230 g/mol. The number of ether oxygens (including phenoxy) is 1. The lowest BCUT2D eigenvalue weighted by Crippen LogP contribution is -2.37. The van der Waals surface area contributed by atoms with Crippen molar-refractivity contribution in [2.45, 2.75) is 43.9 Å². The van der Waals surface area contributed by atoms with Gasteiger partial charge in [-0.3, -0.25) is 4.79 Å². The number of carbonyl (C=O) groups excluding carboxylic acids is 1. The number of hydrogen-bond acceptors (Lipinski definition) is 2. The molecule has 0 aromatic heterocycles. The summed E-state index contributed by atoms with van der Waals surface area (Å²) in [7, 11) is 1.70. The Labute approximate surface area is 102 Å². The maximum absolute atomic E-state index is 12.3. The molecule has 17 heavy (non-hydrogen) atoms. The zero-order valence-electron chi connectivity index (χ0n) is 10.3. The summed E-state index contributed by atoms with van der Waals surface area (Å²) < 4.78 is 5.27. The van der Waals surface area contributed by atoms with E-state index in [1.54, 1.807) is 7.11 Å². The Hall–Kier alpha value is -1.31. The van der Waals surface area contributed by atoms with Crippen LogP contribution in [0.2, 0.25) is 0 Å². The minimum Gasteiger partial charge on any atom is -0.497 e. The fourth-order valence-electron chi connectivity index (χ4n) is 3.54. The molecule has 2 aliphatic rings. The summed E-state index contributed by atoms with van der Waals surface area (Å²) in [6.07, 6.45) is 6.07. The van der Waals surface area contributed by atoms with E-state index in [1.165, 1.54) is 24.0 Å². The van der Waals surface area contributed by atoms with E-state index in [2.05, 4.69) is 12.1 Å². The van der Waals surface area contributed by atoms with Crippen molar-refractivity contribution in [2.24, 2.45) is 0 Å². The molecule has 1 aromatic rings. The standard InChI is InChI=1S/C15H18O2/c1-17-12-5-6-13-11(10-12)4-7-14(16)15(13)8-2-3-9-15/h5-6,10H,2-4,7-9H2,1H3. The van der Waals surface area contributed by atoms with Crippen molar-refractivity contribution in [3.05, 3.63) is 29.3 Å². The molecular weight excluding hydrogens is 212 g/mol. The molecule has 0 radical (unpaired) electrons. The molecule has 0 heterocycles. The molecule has 2 heteroatoms. The number of Topliss-reactive ketones (excluding diaryl/α,β-unsaturated/α-hetero) is 1. The number of benzene rings is 1. The van der Waals surface area contributed by atoms with Crippen molar-refractivity contribution < 1.29 is 9.53 Å². The van der Waals surface area contributed by atoms with Crippen molar-refractivity contribution in [3.63, 3.8) is 0 Å². The first-order chi connectivity index (χ1) is 8.26. The van der Waals surface area contributed by atoms with Gasteiger partial charge >= 0.3 is 0 Å². The van der Waals surface area contributed by atoms with Crippen LogP contribution in [0.5, 0.6) is 5.75 Å². The van der Waals surface area contributed by atoms with Crippen molar-refractivity contribution in [1.29, 1.82) is 0 Å². The average Bonchev–Trinajstić information content (AvgIpc) is 2.84. The Morgan fingerprint density at radius 3 is 2.65 bits per heavy atom. The van der Waals surface area contributed by atoms with E-state index < -0.39 is 0 Å². The highest BCUT2D eigenvalue weighted by molar-refractivity contribution is 5.92. The quantitative estimate of drug-likeness (QED) is 0.741. The molecule has 0 aliphatic heterocycles. The molecule has 0 amide bonds. The normalized spacial score (nSPS) is 21.6. The van der Waals surface area contributed by atoms with Crippen LogP contribution in [0.4, 0.5) is 0 Å². The first-order valence-electron chi connectivity index (χ1n) is 6.47. The summed E-state index contributed by atoms with van der Waals surface area (Å²) in [6, 6.07) is 6.23. The summed E-state index contributed by atoms with van der Waals surface area (Å²) >= 11 is 0. The van der Waals surface area contributed by atoms with E-state index in [4.69, 9.17) is 4.74 Å². The van der Waals surface area contributed by atoms with E-state index in [0.717, 1.165) is 25.0 Å². The van der Waals surface area contributed by atoms with Gasteiger partial charge in [0.2, 0.25) is 0 Å². The molecule has 2 aliphatic carbocycles. The van der Waals surface area contributed by atoms with Crippen LogP contribution in [0.15, 0.2) is 18.2 Å². The molecule has 90 valence electrons. The second kappa shape index (κ2) is 3.86. The zero-order valence-corrected chi connectivity index (χ0v) is 10.3. The van der Waals surface area contributed by atoms with Crippen LogP contribution in [0.1, 0.15) is 43.2 Å². The van der Waals surface area contributed by atoms with E-state index >= 15 is 0 Å². The summed E-state index contributed by atoms with van der Waals surface area (Å²) in [5.74, 6) is 1.37. The van der Waals surface area contributed by atoms with Gasteiger partial charge in [0.1, 0.15) is 11.5 Å². The molecule has 0 unspecified atom stereocenters. The Bertz CT molecular complexity index is 456. The molecule has 3 rings (SSSR count). The number of fused-ring (bicyclic) bond motifs is 2. The molecule has 1 spiro atoms. The van der Waals surface area contributed by atoms with Gasteiger partial charge in [0, 0.05) is 6.42 Å². The Balaban J connectivity index is 2.11. The van der Waals surface area contributed by atoms with Crippen molar-refractivity contribution in [2.75, 3.05) is 7.11 Å². The van der Waals surface area contributed by atoms with Gasteiger partial charge in [-0.25, -0.2) is 0 Å². The summed E-state index contributed by atoms with van der Waals surface area (Å²) in [6.45, 7) is 0. The van der Waals surface area contributed by atoms with Gasteiger partial charge in [0.15, 0.2) is 0 Å². The molecule has 0 atom stereocenters. The third-order valence-corrected chi connectivity index (χ3v) is 4.44. The lowest BCUT2D eigenvalue weighted by Gasteiger charge is -2.34. The van der Waals surface area contributed by atoms with Crippen molar-refractivity contribution in [3.8, 4) is 5.75 Å². The lowest BCUT2D eigenvalue weighted by molar-refractivity contribution is -0.125. The molecule has 0 N–H and O–H groups in total. The van der Waals surface area contributed by atoms with Crippen LogP contribution >= 0.6 is 0 Å². The van der Waals surface area contributed by atoms with Crippen LogP contribution in [0.3, 0.4) is 0 Å². The summed E-state index contributed by atoms with van der Waals surface area (Å²) in [4.78, 5) is 12.3. The number of hydrogen-bond donors (Lipinski definition) is 0. The van der Waals surface area contributed by atoms with Gasteiger partial charge in [0.05, 0.1) is 12.5 Å². The van der Waals surface area contributed by atoms with Crippen LogP contribution in [0, 0.1) is 0 Å². The number of rotatable bonds is 1. The molecule has 2 nitrogen and oxygen atoms in total. The molecule has 1 aromatic carbocycles. The second-order valence-electron chi connectivity index (χ2n) is 5.24. The minimum atomic E-state index is -0.139. The van der Waals surface area contributed by atoms with Gasteiger partial charge in [-0.15, -0.1) is 0 Å². The number of methoxy groups -OCH3 is 1. The number of carbonyl (C=O) groups is 1. The van der Waals surface area contributed by atoms with Gasteiger partial charge in [0.25, 0.3) is 0 Å². The Morgan fingerprint density at radius 1 is 1.18 bits per heavy atom. The van der Waals surface area contributed by atoms with E-state index in [0.29, 0.717) is 12.2 Å². The third kappa shape index (κ3) is 1.50. The third-order valence-electron chi connectivity index (χ3n) is 4.44. The average molecular weight is 230 g/mol. The largest absolute Gasteiger partial charge is 0.497 e. The van der Waals surface area contributed by atoms with E-state index in [-0.39, 0.29) is 5.41 Å². The first-order valence-corrected chi connectivity index (χ1v) is 6.47. The van der Waals surface area contributed by atoms with Gasteiger partial charge in [-0.05, 0) is 42.5 Å². The predicted molar refractivity (Wildman–Crippen MR) is 66.5 cm³/mol. The SMILES string of the molecule is COc1ccc2c(c1)CCC(=O)C21CCCC1. The summed E-state index contributed by atoms with van der Waals surface area (Å²) in [5, 5.41) is 0. The van der Waals surface area contributed by atoms with E-state index in [9.17, 15) is 4.79 Å². The molecule has 0 bridgehead atoms. The maximum atomic E-state index is 12.3. The highest BCUT2D eigenvalue weighted by Crippen LogP contribution is 2.47. The van der Waals surface area contributed by atoms with Crippen molar-refractivity contribution >= 4 is 5.78 Å². The fraction of sp³-hybridized carbons (Fsp3) is 0.533. The van der Waals surface area contributed by atoms with Crippen LogP contribution in [0.25, 0.3) is 0 Å². The molecule has 0 saturated heterocycles. The smallest absolute Gasteiger partial charge is 0.143 e. The van der Waals surface area contributed by atoms with Crippen LogP contribution < -0.4 is 4.74 Å². The minimum absolute atomic E-state index is 0.139. The first kappa shape index (κ1) is 10.8. The molecular formula is C15H18O2. The lowest BCUT2D eigenvalue weighted by atomic mass is 9.68. The van der Waals surface area contributed by atoms with E-state index in [1.807, 2.05) is 6.07 Å². The van der Waals surface area contributed by atoms with Gasteiger partial charge in [-0.1, -0.05) is 18.9 Å². The molecule has 1 saturated carbocycles. The van der Waals surface area contributed by atoms with Gasteiger partial charge < -0.3 is 4.74 Å². The van der Waals surface area contributed by atoms with Crippen LogP contribution in [-0.4, -0.2) is 12.9 Å². The highest BCUT2D eigenvalue weighted by atomic mass is 16.5.